The molecule has 1 aliphatic rings. The lowest BCUT2D eigenvalue weighted by atomic mass is 9.82. The van der Waals surface area contributed by atoms with E-state index >= 15 is 0 Å². The van der Waals surface area contributed by atoms with Crippen molar-refractivity contribution in [2.75, 3.05) is 11.9 Å². The largest absolute Gasteiger partial charge is 0.462 e. The van der Waals surface area contributed by atoms with Gasteiger partial charge in [0.15, 0.2) is 0 Å². The normalized spacial score (nSPS) is 25.4. The summed E-state index contributed by atoms with van der Waals surface area (Å²) in [6.45, 7) is 4.07. The third-order valence-electron chi connectivity index (χ3n) is 3.73. The predicted molar refractivity (Wildman–Crippen MR) is 79.5 cm³/mol. The van der Waals surface area contributed by atoms with Crippen LogP contribution in [0.5, 0.6) is 0 Å². The molecule has 0 amide bonds. The van der Waals surface area contributed by atoms with Crippen molar-refractivity contribution in [2.45, 2.75) is 51.2 Å². The fourth-order valence-electron chi connectivity index (χ4n) is 2.46. The van der Waals surface area contributed by atoms with E-state index in [2.05, 4.69) is 15.3 Å². The van der Waals surface area contributed by atoms with Crippen molar-refractivity contribution in [1.82, 2.24) is 9.97 Å². The number of carbonyl (C=O) groups is 1. The zero-order valence-corrected chi connectivity index (χ0v) is 13.0. The molecule has 1 heterocycles. The van der Waals surface area contributed by atoms with Crippen LogP contribution < -0.4 is 5.32 Å². The van der Waals surface area contributed by atoms with Crippen LogP contribution in [-0.4, -0.2) is 39.3 Å². The molecule has 1 aromatic rings. The first kappa shape index (κ1) is 16.0. The molecule has 0 aliphatic heterocycles. The van der Waals surface area contributed by atoms with E-state index in [4.69, 9.17) is 16.3 Å². The summed E-state index contributed by atoms with van der Waals surface area (Å²) in [4.78, 5) is 19.9. The first-order valence-corrected chi connectivity index (χ1v) is 7.47. The van der Waals surface area contributed by atoms with Crippen LogP contribution in [0.25, 0.3) is 0 Å². The molecule has 6 nitrogen and oxygen atoms in total. The smallest absolute Gasteiger partial charge is 0.343 e. The first-order valence-electron chi connectivity index (χ1n) is 7.09. The number of hydrogen-bond donors (Lipinski definition) is 2. The molecule has 0 saturated heterocycles. The molecule has 0 bridgehead atoms. The molecule has 0 unspecified atom stereocenters. The number of carbonyl (C=O) groups excluding carboxylic acids is 1. The maximum Gasteiger partial charge on any atom is 0.343 e. The highest BCUT2D eigenvalue weighted by Gasteiger charge is 2.32. The number of nitrogens with zero attached hydrogens (tertiary/aromatic N) is 2. The van der Waals surface area contributed by atoms with Crippen LogP contribution in [0.1, 0.15) is 49.9 Å². The summed E-state index contributed by atoms with van der Waals surface area (Å²) >= 11 is 5.83. The van der Waals surface area contributed by atoms with Gasteiger partial charge in [-0.15, -0.1) is 0 Å². The Morgan fingerprint density at radius 1 is 1.57 bits per heavy atom. The van der Waals surface area contributed by atoms with Gasteiger partial charge in [-0.3, -0.25) is 0 Å². The first-order chi connectivity index (χ1) is 9.93. The van der Waals surface area contributed by atoms with Gasteiger partial charge >= 0.3 is 5.97 Å². The summed E-state index contributed by atoms with van der Waals surface area (Å²) in [7, 11) is 0. The molecule has 1 aliphatic carbocycles. The van der Waals surface area contributed by atoms with Gasteiger partial charge in [0.05, 0.1) is 12.7 Å². The number of aliphatic hydroxyl groups is 1. The van der Waals surface area contributed by atoms with Crippen molar-refractivity contribution in [3.8, 4) is 0 Å². The van der Waals surface area contributed by atoms with Gasteiger partial charge in [0.25, 0.3) is 0 Å². The average Bonchev–Trinajstić information content (AvgIpc) is 2.43. The molecule has 2 rings (SSSR count). The fraction of sp³-hybridized carbons (Fsp3) is 0.643. The van der Waals surface area contributed by atoms with Crippen LogP contribution >= 0.6 is 11.6 Å². The van der Waals surface area contributed by atoms with Crippen LogP contribution in [0, 0.1) is 0 Å². The van der Waals surface area contributed by atoms with Gasteiger partial charge in [0.2, 0.25) is 5.28 Å². The van der Waals surface area contributed by atoms with E-state index in [-0.39, 0.29) is 29.1 Å². The summed E-state index contributed by atoms with van der Waals surface area (Å²) in [5.74, 6) is -0.0940. The molecule has 21 heavy (non-hydrogen) atoms. The molecular weight excluding hydrogens is 294 g/mol. The minimum atomic E-state index is -0.476. The van der Waals surface area contributed by atoms with E-state index in [0.29, 0.717) is 5.82 Å². The number of hydrogen-bond acceptors (Lipinski definition) is 6. The van der Waals surface area contributed by atoms with E-state index in [1.807, 2.05) is 6.92 Å². The zero-order valence-electron chi connectivity index (χ0n) is 12.2. The summed E-state index contributed by atoms with van der Waals surface area (Å²) in [6.07, 6.45) is 4.14. The third-order valence-corrected chi connectivity index (χ3v) is 3.92. The van der Waals surface area contributed by atoms with Crippen molar-refractivity contribution in [3.05, 3.63) is 17.0 Å². The SMILES string of the molecule is CCOC(=O)c1cnc(Cl)nc1NC1(C)CCC(O)CC1. The van der Waals surface area contributed by atoms with E-state index in [0.717, 1.165) is 25.7 Å². The highest BCUT2D eigenvalue weighted by molar-refractivity contribution is 6.28. The van der Waals surface area contributed by atoms with Crippen molar-refractivity contribution >= 4 is 23.4 Å². The Kier molecular flexibility index (Phi) is 5.00. The molecule has 1 saturated carbocycles. The number of aromatic nitrogens is 2. The van der Waals surface area contributed by atoms with Crippen molar-refractivity contribution < 1.29 is 14.6 Å². The second-order valence-corrected chi connectivity index (χ2v) is 5.88. The van der Waals surface area contributed by atoms with Crippen LogP contribution in [0.4, 0.5) is 5.82 Å². The monoisotopic (exact) mass is 313 g/mol. The molecule has 0 aromatic carbocycles. The Labute approximate surface area is 128 Å². The highest BCUT2D eigenvalue weighted by atomic mass is 35.5. The Balaban J connectivity index is 2.22. The van der Waals surface area contributed by atoms with Gasteiger partial charge in [-0.05, 0) is 51.1 Å². The topological polar surface area (TPSA) is 84.3 Å². The molecule has 1 aromatic heterocycles. The number of nitrogens with one attached hydrogen (secondary N) is 1. The average molecular weight is 314 g/mol. The fourth-order valence-corrected chi connectivity index (χ4v) is 2.60. The van der Waals surface area contributed by atoms with Crippen molar-refractivity contribution in [3.63, 3.8) is 0 Å². The maximum atomic E-state index is 11.9. The molecule has 116 valence electrons. The van der Waals surface area contributed by atoms with Gasteiger partial charge in [0, 0.05) is 11.7 Å². The van der Waals surface area contributed by atoms with Gasteiger partial charge in [-0.25, -0.2) is 9.78 Å². The van der Waals surface area contributed by atoms with Gasteiger partial charge < -0.3 is 15.2 Å². The quantitative estimate of drug-likeness (QED) is 0.656. The lowest BCUT2D eigenvalue weighted by molar-refractivity contribution is 0.0526. The zero-order chi connectivity index (χ0) is 15.5. The summed E-state index contributed by atoms with van der Waals surface area (Å²) in [6, 6.07) is 0. The number of aliphatic hydroxyl groups excluding tert-OH is 1. The molecule has 2 N–H and O–H groups in total. The summed E-state index contributed by atoms with van der Waals surface area (Å²) in [5.41, 5.74) is 0.0339. The lowest BCUT2D eigenvalue weighted by Crippen LogP contribution is -2.41. The van der Waals surface area contributed by atoms with E-state index < -0.39 is 5.97 Å². The Hall–Kier alpha value is -1.40. The Morgan fingerprint density at radius 3 is 2.86 bits per heavy atom. The van der Waals surface area contributed by atoms with E-state index in [1.165, 1.54) is 6.20 Å². The molecule has 0 radical (unpaired) electrons. The minimum absolute atomic E-state index is 0.0741. The standard InChI is InChI=1S/C14H20ClN3O3/c1-3-21-12(20)10-8-16-13(15)17-11(10)18-14(2)6-4-9(19)5-7-14/h8-9,19H,3-7H2,1-2H3,(H,16,17,18). The molecule has 1 fully saturated rings. The van der Waals surface area contributed by atoms with Crippen molar-refractivity contribution in [2.24, 2.45) is 0 Å². The Morgan fingerprint density at radius 2 is 2.24 bits per heavy atom. The number of ether oxygens (including phenoxy) is 1. The van der Waals surface area contributed by atoms with Gasteiger partial charge in [-0.1, -0.05) is 0 Å². The number of halogens is 1. The predicted octanol–water partition coefficient (Wildman–Crippen LogP) is 2.41. The molecular formula is C14H20ClN3O3. The maximum absolute atomic E-state index is 11.9. The molecule has 0 atom stereocenters. The summed E-state index contributed by atoms with van der Waals surface area (Å²) in [5, 5.41) is 13.0. The second-order valence-electron chi connectivity index (χ2n) is 5.54. The van der Waals surface area contributed by atoms with Gasteiger partial charge in [-0.2, -0.15) is 4.98 Å². The minimum Gasteiger partial charge on any atom is -0.462 e. The van der Waals surface area contributed by atoms with Crippen LogP contribution in [0.3, 0.4) is 0 Å². The van der Waals surface area contributed by atoms with E-state index in [9.17, 15) is 9.90 Å². The second kappa shape index (κ2) is 6.58. The third kappa shape index (κ3) is 4.04. The lowest BCUT2D eigenvalue weighted by Gasteiger charge is -2.37. The van der Waals surface area contributed by atoms with E-state index in [1.54, 1.807) is 6.92 Å². The highest BCUT2D eigenvalue weighted by Crippen LogP contribution is 2.32. The number of esters is 1. The van der Waals surface area contributed by atoms with Crippen molar-refractivity contribution in [1.29, 1.82) is 0 Å². The molecule has 0 spiro atoms. The summed E-state index contributed by atoms with van der Waals surface area (Å²) < 4.78 is 5.01. The van der Waals surface area contributed by atoms with Crippen LogP contribution in [0.2, 0.25) is 5.28 Å². The Bertz CT molecular complexity index is 516. The van der Waals surface area contributed by atoms with Crippen LogP contribution in [-0.2, 0) is 4.74 Å². The number of anilines is 1. The molecule has 7 heteroatoms. The van der Waals surface area contributed by atoms with Crippen LogP contribution in [0.15, 0.2) is 6.20 Å². The van der Waals surface area contributed by atoms with Gasteiger partial charge in [0.1, 0.15) is 11.4 Å². The number of rotatable bonds is 4.